The minimum atomic E-state index is -4.68. The molecule has 0 spiro atoms. The smallest absolute Gasteiger partial charge is 0.418 e. The molecule has 1 fully saturated rings. The third-order valence-corrected chi connectivity index (χ3v) is 7.50. The van der Waals surface area contributed by atoms with E-state index >= 15 is 0 Å². The summed E-state index contributed by atoms with van der Waals surface area (Å²) < 4.78 is 72.1. The van der Waals surface area contributed by atoms with Crippen molar-refractivity contribution in [3.05, 3.63) is 52.5 Å². The van der Waals surface area contributed by atoms with E-state index in [1.807, 2.05) is 0 Å². The van der Waals surface area contributed by atoms with Crippen molar-refractivity contribution >= 4 is 33.2 Å². The first-order valence-corrected chi connectivity index (χ1v) is 11.6. The average Bonchev–Trinajstić information content (AvgIpc) is 2.74. The van der Waals surface area contributed by atoms with E-state index < -0.39 is 33.6 Å². The number of carbonyl (C=O) groups is 1. The first-order chi connectivity index (χ1) is 14.9. The number of carbonyl (C=O) groups excluding carboxylic acids is 1. The lowest BCUT2D eigenvalue weighted by molar-refractivity contribution is -0.137. The van der Waals surface area contributed by atoms with E-state index in [4.69, 9.17) is 16.3 Å². The van der Waals surface area contributed by atoms with Gasteiger partial charge in [-0.05, 0) is 61.7 Å². The lowest BCUT2D eigenvalue weighted by Crippen LogP contribution is -2.41. The highest BCUT2D eigenvalue weighted by Crippen LogP contribution is 2.37. The van der Waals surface area contributed by atoms with Gasteiger partial charge in [-0.15, -0.1) is 0 Å². The molecule has 1 N–H and O–H groups in total. The molecule has 1 heterocycles. The number of nitrogens with zero attached hydrogens (tertiary/aromatic N) is 1. The van der Waals surface area contributed by atoms with Gasteiger partial charge >= 0.3 is 6.18 Å². The highest BCUT2D eigenvalue weighted by atomic mass is 35.5. The number of methoxy groups -OCH3 is 1. The number of hydrogen-bond acceptors (Lipinski definition) is 4. The van der Waals surface area contributed by atoms with Crippen LogP contribution < -0.4 is 10.1 Å². The van der Waals surface area contributed by atoms with Crippen LogP contribution in [0.15, 0.2) is 41.3 Å². The fourth-order valence-corrected chi connectivity index (χ4v) is 5.34. The van der Waals surface area contributed by atoms with Gasteiger partial charge in [-0.2, -0.15) is 17.5 Å². The number of alkyl halides is 3. The van der Waals surface area contributed by atoms with Crippen molar-refractivity contribution in [2.45, 2.75) is 30.8 Å². The molecular formula is C21H22ClF3N2O4S. The fraction of sp³-hybridized carbons (Fsp3) is 0.381. The van der Waals surface area contributed by atoms with E-state index in [1.54, 1.807) is 13.0 Å². The molecule has 0 atom stereocenters. The Bertz CT molecular complexity index is 1110. The number of piperidine rings is 1. The van der Waals surface area contributed by atoms with E-state index in [9.17, 15) is 26.4 Å². The number of rotatable bonds is 5. The summed E-state index contributed by atoms with van der Waals surface area (Å²) in [6.45, 7) is 1.90. The predicted molar refractivity (Wildman–Crippen MR) is 114 cm³/mol. The van der Waals surface area contributed by atoms with Gasteiger partial charge in [0.05, 0.1) is 23.3 Å². The summed E-state index contributed by atoms with van der Waals surface area (Å²) in [6.07, 6.45) is -4.30. The second-order valence-electron chi connectivity index (χ2n) is 7.49. The maximum Gasteiger partial charge on any atom is 0.418 e. The minimum Gasteiger partial charge on any atom is -0.496 e. The first kappa shape index (κ1) is 24.3. The molecule has 2 aromatic rings. The summed E-state index contributed by atoms with van der Waals surface area (Å²) in [5, 5.41) is 2.23. The Balaban J connectivity index is 1.68. The van der Waals surface area contributed by atoms with Crippen molar-refractivity contribution in [1.29, 1.82) is 0 Å². The van der Waals surface area contributed by atoms with Gasteiger partial charge in [0.15, 0.2) is 0 Å². The van der Waals surface area contributed by atoms with Gasteiger partial charge in [0.1, 0.15) is 5.75 Å². The SMILES string of the molecule is COc1ccc(S(=O)(=O)N2CCC(C(=O)Nc3ccc(Cl)cc3C(F)(F)F)CC2)cc1C. The normalized spacial score (nSPS) is 16.1. The molecule has 2 aromatic carbocycles. The number of aryl methyl sites for hydroxylation is 1. The van der Waals surface area contributed by atoms with Crippen molar-refractivity contribution in [3.8, 4) is 5.75 Å². The second-order valence-corrected chi connectivity index (χ2v) is 9.86. The average molecular weight is 491 g/mol. The Morgan fingerprint density at radius 3 is 2.38 bits per heavy atom. The van der Waals surface area contributed by atoms with Crippen LogP contribution in [0.5, 0.6) is 5.75 Å². The van der Waals surface area contributed by atoms with Gasteiger partial charge in [-0.3, -0.25) is 4.79 Å². The second kappa shape index (κ2) is 9.29. The summed E-state index contributed by atoms with van der Waals surface area (Å²) in [6, 6.07) is 7.67. The van der Waals surface area contributed by atoms with Crippen molar-refractivity contribution in [1.82, 2.24) is 4.31 Å². The van der Waals surface area contributed by atoms with Crippen LogP contribution in [-0.2, 0) is 21.0 Å². The number of ether oxygens (including phenoxy) is 1. The first-order valence-electron chi connectivity index (χ1n) is 9.76. The molecule has 1 aliphatic heterocycles. The lowest BCUT2D eigenvalue weighted by Gasteiger charge is -2.31. The third-order valence-electron chi connectivity index (χ3n) is 5.37. The Labute approximate surface area is 189 Å². The van der Waals surface area contributed by atoms with E-state index in [1.165, 1.54) is 29.6 Å². The van der Waals surface area contributed by atoms with Gasteiger partial charge in [0.2, 0.25) is 15.9 Å². The molecule has 6 nitrogen and oxygen atoms in total. The van der Waals surface area contributed by atoms with Crippen molar-refractivity contribution < 1.29 is 31.1 Å². The zero-order chi connectivity index (χ0) is 23.7. The predicted octanol–water partition coefficient (Wildman–Crippen LogP) is 4.72. The van der Waals surface area contributed by atoms with Crippen LogP contribution in [-0.4, -0.2) is 38.8 Å². The van der Waals surface area contributed by atoms with Gasteiger partial charge in [-0.25, -0.2) is 8.42 Å². The van der Waals surface area contributed by atoms with Gasteiger partial charge < -0.3 is 10.1 Å². The molecule has 0 aliphatic carbocycles. The van der Waals surface area contributed by atoms with E-state index in [2.05, 4.69) is 5.32 Å². The van der Waals surface area contributed by atoms with Crippen LogP contribution in [0.2, 0.25) is 5.02 Å². The van der Waals surface area contributed by atoms with Gasteiger partial charge in [-0.1, -0.05) is 11.6 Å². The van der Waals surface area contributed by atoms with Gasteiger partial charge in [0, 0.05) is 24.0 Å². The monoisotopic (exact) mass is 490 g/mol. The molecule has 1 aliphatic rings. The third kappa shape index (κ3) is 5.19. The molecule has 0 radical (unpaired) electrons. The Hall–Kier alpha value is -2.30. The maximum absolute atomic E-state index is 13.2. The number of sulfonamides is 1. The molecule has 0 bridgehead atoms. The van der Waals surface area contributed by atoms with Gasteiger partial charge in [0.25, 0.3) is 0 Å². The number of anilines is 1. The van der Waals surface area contributed by atoms with Crippen molar-refractivity contribution in [2.24, 2.45) is 5.92 Å². The summed E-state index contributed by atoms with van der Waals surface area (Å²) >= 11 is 5.66. The summed E-state index contributed by atoms with van der Waals surface area (Å²) in [7, 11) is -2.27. The molecule has 174 valence electrons. The highest BCUT2D eigenvalue weighted by molar-refractivity contribution is 7.89. The van der Waals surface area contributed by atoms with E-state index in [-0.39, 0.29) is 41.5 Å². The van der Waals surface area contributed by atoms with E-state index in [0.717, 1.165) is 12.1 Å². The molecule has 0 unspecified atom stereocenters. The zero-order valence-electron chi connectivity index (χ0n) is 17.4. The van der Waals surface area contributed by atoms with Crippen LogP contribution in [0.1, 0.15) is 24.0 Å². The van der Waals surface area contributed by atoms with Crippen LogP contribution in [0.4, 0.5) is 18.9 Å². The van der Waals surface area contributed by atoms with Crippen LogP contribution in [0.25, 0.3) is 0 Å². The number of nitrogens with one attached hydrogen (secondary N) is 1. The molecular weight excluding hydrogens is 469 g/mol. The van der Waals surface area contributed by atoms with E-state index in [0.29, 0.717) is 11.3 Å². The van der Waals surface area contributed by atoms with Crippen LogP contribution >= 0.6 is 11.6 Å². The van der Waals surface area contributed by atoms with Crippen molar-refractivity contribution in [3.63, 3.8) is 0 Å². The van der Waals surface area contributed by atoms with Crippen LogP contribution in [0, 0.1) is 12.8 Å². The molecule has 3 rings (SSSR count). The highest BCUT2D eigenvalue weighted by Gasteiger charge is 2.36. The summed E-state index contributed by atoms with van der Waals surface area (Å²) in [5.41, 5.74) is -0.741. The molecule has 11 heteroatoms. The minimum absolute atomic E-state index is 0.0816. The molecule has 32 heavy (non-hydrogen) atoms. The Morgan fingerprint density at radius 1 is 1.16 bits per heavy atom. The standard InChI is InChI=1S/C21H22ClF3N2O4S/c1-13-11-16(4-6-19(13)31-2)32(29,30)27-9-7-14(8-10-27)20(28)26-18-5-3-15(22)12-17(18)21(23,24)25/h3-6,11-12,14H,7-10H2,1-2H3,(H,26,28). The molecule has 0 saturated carbocycles. The fourth-order valence-electron chi connectivity index (χ4n) is 3.61. The lowest BCUT2D eigenvalue weighted by atomic mass is 9.97. The number of halogens is 4. The molecule has 0 aromatic heterocycles. The molecule has 1 amide bonds. The zero-order valence-corrected chi connectivity index (χ0v) is 18.9. The van der Waals surface area contributed by atoms with Crippen molar-refractivity contribution in [2.75, 3.05) is 25.5 Å². The largest absolute Gasteiger partial charge is 0.496 e. The summed E-state index contributed by atoms with van der Waals surface area (Å²) in [5.74, 6) is -0.634. The summed E-state index contributed by atoms with van der Waals surface area (Å²) in [4.78, 5) is 12.7. The topological polar surface area (TPSA) is 75.7 Å². The Morgan fingerprint density at radius 2 is 1.81 bits per heavy atom. The molecule has 1 saturated heterocycles. The van der Waals surface area contributed by atoms with Crippen LogP contribution in [0.3, 0.4) is 0 Å². The number of amides is 1. The number of hydrogen-bond donors (Lipinski definition) is 1. The maximum atomic E-state index is 13.2. The Kier molecular flexibility index (Phi) is 7.06. The number of benzene rings is 2. The quantitative estimate of drug-likeness (QED) is 0.658.